The first-order valence-corrected chi connectivity index (χ1v) is 17.4. The van der Waals surface area contributed by atoms with E-state index in [4.69, 9.17) is 10.5 Å². The Kier molecular flexibility index (Phi) is 9.33. The highest BCUT2D eigenvalue weighted by atomic mass is 19.1. The Morgan fingerprint density at radius 1 is 0.980 bits per heavy atom. The Hall–Kier alpha value is -4.81. The van der Waals surface area contributed by atoms with E-state index < -0.39 is 24.9 Å². The van der Waals surface area contributed by atoms with Crippen molar-refractivity contribution >= 4 is 51.4 Å². The summed E-state index contributed by atoms with van der Waals surface area (Å²) in [6.45, 7) is -0.288. The molecule has 13 heteroatoms. The van der Waals surface area contributed by atoms with Crippen molar-refractivity contribution in [2.45, 2.75) is 76.4 Å². The summed E-state index contributed by atoms with van der Waals surface area (Å²) >= 11 is 0. The number of anilines is 1. The molecule has 4 aromatic rings. The molecular formula is C36H42FN7O5. The lowest BCUT2D eigenvalue weighted by Gasteiger charge is -2.37. The molecule has 3 fully saturated rings. The molecule has 2 aliphatic carbocycles. The van der Waals surface area contributed by atoms with Crippen molar-refractivity contribution in [3.8, 4) is 0 Å². The van der Waals surface area contributed by atoms with Gasteiger partial charge in [0.2, 0.25) is 11.8 Å². The molecule has 4 N–H and O–H groups in total. The molecule has 0 spiro atoms. The third-order valence-corrected chi connectivity index (χ3v) is 11.0. The predicted octanol–water partition coefficient (Wildman–Crippen LogP) is 5.58. The number of H-pyrrole nitrogens is 1. The van der Waals surface area contributed by atoms with E-state index in [0.717, 1.165) is 43.0 Å². The first kappa shape index (κ1) is 32.7. The number of rotatable bonds is 8. The summed E-state index contributed by atoms with van der Waals surface area (Å²) in [5, 5.41) is 12.0. The SMILES string of the molecule is NC(=O)O[C@H](CF)[C@H]1CC[C@H](C(=O)N2CC[C@@H](C3CCCCC3)[C@H]2C(=O)Nc2ccc3[nH]c(C(=O)n4nnc5ccccc54)cc3c2)CC1. The van der Waals surface area contributed by atoms with Crippen LogP contribution >= 0.6 is 0 Å². The molecule has 3 atom stereocenters. The molecule has 3 amide bonds. The summed E-state index contributed by atoms with van der Waals surface area (Å²) in [5.41, 5.74) is 8.02. The molecule has 258 valence electrons. The largest absolute Gasteiger partial charge is 0.443 e. The van der Waals surface area contributed by atoms with Gasteiger partial charge in [0, 0.05) is 29.1 Å². The molecule has 7 rings (SSSR count). The second-order valence-corrected chi connectivity index (χ2v) is 13.8. The van der Waals surface area contributed by atoms with Gasteiger partial charge in [0.25, 0.3) is 5.91 Å². The van der Waals surface area contributed by atoms with Crippen LogP contribution in [0.15, 0.2) is 48.5 Å². The zero-order valence-electron chi connectivity index (χ0n) is 27.4. The van der Waals surface area contributed by atoms with E-state index in [1.807, 2.05) is 24.3 Å². The number of nitrogens with one attached hydrogen (secondary N) is 2. The lowest BCUT2D eigenvalue weighted by molar-refractivity contribution is -0.142. The highest BCUT2D eigenvalue weighted by molar-refractivity contribution is 6.04. The maximum absolute atomic E-state index is 14.2. The quantitative estimate of drug-likeness (QED) is 0.220. The number of aromatic nitrogens is 4. The van der Waals surface area contributed by atoms with Crippen LogP contribution in [-0.2, 0) is 14.3 Å². The van der Waals surface area contributed by atoms with Crippen molar-refractivity contribution in [2.75, 3.05) is 18.5 Å². The van der Waals surface area contributed by atoms with E-state index in [2.05, 4.69) is 20.6 Å². The normalized spacial score (nSPS) is 23.8. The summed E-state index contributed by atoms with van der Waals surface area (Å²) in [6.07, 6.45) is 6.62. The fourth-order valence-electron chi connectivity index (χ4n) is 8.51. The van der Waals surface area contributed by atoms with E-state index in [0.29, 0.717) is 60.6 Å². The van der Waals surface area contributed by atoms with Gasteiger partial charge in [-0.3, -0.25) is 14.4 Å². The third kappa shape index (κ3) is 6.62. The average Bonchev–Trinajstić information content (AvgIpc) is 3.87. The number of likely N-dealkylation sites (tertiary alicyclic amines) is 1. The van der Waals surface area contributed by atoms with Gasteiger partial charge in [0.05, 0.1) is 5.52 Å². The minimum absolute atomic E-state index is 0.0330. The van der Waals surface area contributed by atoms with Gasteiger partial charge in [-0.2, -0.15) is 4.68 Å². The Labute approximate surface area is 282 Å². The highest BCUT2D eigenvalue weighted by Crippen LogP contribution is 2.41. The van der Waals surface area contributed by atoms with Gasteiger partial charge in [-0.05, 0) is 86.3 Å². The molecular weight excluding hydrogens is 629 g/mol. The third-order valence-electron chi connectivity index (χ3n) is 11.0. The number of fused-ring (bicyclic) bond motifs is 2. The number of amides is 3. The van der Waals surface area contributed by atoms with Crippen LogP contribution in [0.5, 0.6) is 0 Å². The van der Waals surface area contributed by atoms with Crippen molar-refractivity contribution in [2.24, 2.45) is 29.4 Å². The molecule has 12 nitrogen and oxygen atoms in total. The second kappa shape index (κ2) is 14.0. The summed E-state index contributed by atoms with van der Waals surface area (Å²) < 4.78 is 19.8. The van der Waals surface area contributed by atoms with Gasteiger partial charge >= 0.3 is 6.09 Å². The van der Waals surface area contributed by atoms with Crippen LogP contribution < -0.4 is 11.1 Å². The average molecular weight is 672 g/mol. The topological polar surface area (TPSA) is 165 Å². The van der Waals surface area contributed by atoms with E-state index in [9.17, 15) is 23.6 Å². The Bertz CT molecular complexity index is 1860. The van der Waals surface area contributed by atoms with Crippen LogP contribution in [-0.4, -0.2) is 74.1 Å². The van der Waals surface area contributed by atoms with Gasteiger partial charge in [-0.1, -0.05) is 49.5 Å². The number of carbonyl (C=O) groups excluding carboxylic acids is 4. The van der Waals surface area contributed by atoms with Gasteiger partial charge in [-0.15, -0.1) is 5.10 Å². The lowest BCUT2D eigenvalue weighted by atomic mass is 9.76. The van der Waals surface area contributed by atoms with E-state index in [1.165, 1.54) is 11.1 Å². The zero-order chi connectivity index (χ0) is 34.1. The van der Waals surface area contributed by atoms with Crippen LogP contribution in [0.25, 0.3) is 21.9 Å². The van der Waals surface area contributed by atoms with Crippen LogP contribution in [0.1, 0.15) is 74.7 Å². The summed E-state index contributed by atoms with van der Waals surface area (Å²) in [4.78, 5) is 57.8. The fraction of sp³-hybridized carbons (Fsp3) is 0.500. The second-order valence-electron chi connectivity index (χ2n) is 13.8. The number of ether oxygens (including phenoxy) is 1. The number of primary amides is 1. The molecule has 2 aromatic heterocycles. The van der Waals surface area contributed by atoms with E-state index >= 15 is 0 Å². The van der Waals surface area contributed by atoms with Crippen molar-refractivity contribution in [1.29, 1.82) is 0 Å². The van der Waals surface area contributed by atoms with Crippen LogP contribution in [0, 0.1) is 23.7 Å². The van der Waals surface area contributed by atoms with Crippen molar-refractivity contribution in [1.82, 2.24) is 24.9 Å². The number of carbonyl (C=O) groups is 4. The molecule has 1 aliphatic heterocycles. The number of hydrogen-bond acceptors (Lipinski definition) is 7. The molecule has 0 unspecified atom stereocenters. The summed E-state index contributed by atoms with van der Waals surface area (Å²) in [7, 11) is 0. The molecule has 0 bridgehead atoms. The molecule has 3 aliphatic rings. The standard InChI is InChI=1S/C36H42FN7O5/c37-20-31(49-36(38)48)22-10-12-23(13-11-22)34(46)43-17-16-26(21-6-2-1-3-7-21)32(43)33(45)39-25-14-15-27-24(18-25)19-29(40-27)35(47)44-30-9-5-4-8-28(30)41-42-44/h4-5,8-9,14-15,18-19,21-23,26,31-32,40H,1-3,6-7,10-13,16-17,20H2,(H2,38,48)(H,39,45)/t22-,23-,26-,31+,32-/m0/s1. The maximum atomic E-state index is 14.2. The van der Waals surface area contributed by atoms with Crippen molar-refractivity contribution < 1.29 is 28.3 Å². The number of para-hydroxylation sites is 1. The Balaban J connectivity index is 1.08. The number of nitrogens with two attached hydrogens (primary N) is 1. The van der Waals surface area contributed by atoms with Crippen LogP contribution in [0.2, 0.25) is 0 Å². The van der Waals surface area contributed by atoms with Crippen molar-refractivity contribution in [3.63, 3.8) is 0 Å². The highest BCUT2D eigenvalue weighted by Gasteiger charge is 2.47. The molecule has 1 saturated heterocycles. The first-order chi connectivity index (χ1) is 23.8. The lowest BCUT2D eigenvalue weighted by Crippen LogP contribution is -2.50. The number of alkyl halides is 1. The Morgan fingerprint density at radius 3 is 2.51 bits per heavy atom. The van der Waals surface area contributed by atoms with E-state index in [-0.39, 0.29) is 35.5 Å². The molecule has 2 saturated carbocycles. The van der Waals surface area contributed by atoms with Crippen LogP contribution in [0.3, 0.4) is 0 Å². The smallest absolute Gasteiger partial charge is 0.404 e. The van der Waals surface area contributed by atoms with Gasteiger partial charge < -0.3 is 25.7 Å². The monoisotopic (exact) mass is 671 g/mol. The van der Waals surface area contributed by atoms with Crippen molar-refractivity contribution in [3.05, 3.63) is 54.2 Å². The van der Waals surface area contributed by atoms with E-state index in [1.54, 1.807) is 29.2 Å². The summed E-state index contributed by atoms with van der Waals surface area (Å²) in [6, 6.07) is 13.8. The zero-order valence-corrected chi connectivity index (χ0v) is 27.4. The van der Waals surface area contributed by atoms with Gasteiger partial charge in [0.15, 0.2) is 0 Å². The fourth-order valence-corrected chi connectivity index (χ4v) is 8.51. The number of hydrogen-bond donors (Lipinski definition) is 3. The minimum atomic E-state index is -0.995. The molecule has 2 aromatic carbocycles. The maximum Gasteiger partial charge on any atom is 0.404 e. The Morgan fingerprint density at radius 2 is 1.76 bits per heavy atom. The van der Waals surface area contributed by atoms with Crippen LogP contribution in [0.4, 0.5) is 14.9 Å². The molecule has 3 heterocycles. The number of nitrogens with zero attached hydrogens (tertiary/aromatic N) is 4. The minimum Gasteiger partial charge on any atom is -0.443 e. The summed E-state index contributed by atoms with van der Waals surface area (Å²) in [5.74, 6) is -0.609. The number of benzene rings is 2. The number of aromatic amines is 1. The molecule has 49 heavy (non-hydrogen) atoms. The van der Waals surface area contributed by atoms with Gasteiger partial charge in [0.1, 0.15) is 30.0 Å². The number of halogens is 1. The molecule has 0 radical (unpaired) electrons. The van der Waals surface area contributed by atoms with Gasteiger partial charge in [-0.25, -0.2) is 9.18 Å². The first-order valence-electron chi connectivity index (χ1n) is 17.4. The predicted molar refractivity (Wildman–Crippen MR) is 180 cm³/mol.